The summed E-state index contributed by atoms with van der Waals surface area (Å²) in [7, 11) is -1.82. The van der Waals surface area contributed by atoms with E-state index >= 15 is 0 Å². The second-order valence-corrected chi connectivity index (χ2v) is 4.42. The van der Waals surface area contributed by atoms with E-state index in [1.807, 2.05) is 13.8 Å². The number of alkyl halides is 1. The Hall–Kier alpha value is 0.387. The van der Waals surface area contributed by atoms with Gasteiger partial charge in [0, 0.05) is 25.7 Å². The molecular formula is C8H19ClO3Si. The van der Waals surface area contributed by atoms with E-state index in [0.29, 0.717) is 25.7 Å². The largest absolute Gasteiger partial charge is 0.484 e. The van der Waals surface area contributed by atoms with Gasteiger partial charge in [0.15, 0.2) is 0 Å². The smallest absolute Gasteiger partial charge is 0.376 e. The summed E-state index contributed by atoms with van der Waals surface area (Å²) in [6.07, 6.45) is 1.97. The van der Waals surface area contributed by atoms with Gasteiger partial charge in [-0.2, -0.15) is 0 Å². The summed E-state index contributed by atoms with van der Waals surface area (Å²) >= 11 is 5.53. The van der Waals surface area contributed by atoms with Crippen molar-refractivity contribution >= 4 is 21.1 Å². The minimum atomic E-state index is -1.82. The Balaban J connectivity index is 3.33. The van der Waals surface area contributed by atoms with Gasteiger partial charge < -0.3 is 13.3 Å². The molecule has 0 rings (SSSR count). The van der Waals surface area contributed by atoms with Gasteiger partial charge in [-0.3, -0.25) is 0 Å². The first-order valence-electron chi connectivity index (χ1n) is 4.75. The Labute approximate surface area is 87.3 Å². The molecule has 5 heteroatoms. The van der Waals surface area contributed by atoms with Gasteiger partial charge >= 0.3 is 9.53 Å². The summed E-state index contributed by atoms with van der Waals surface area (Å²) < 4.78 is 16.1. The van der Waals surface area contributed by atoms with E-state index in [-0.39, 0.29) is 0 Å². The zero-order valence-corrected chi connectivity index (χ0v) is 10.3. The number of hydrogen-bond acceptors (Lipinski definition) is 3. The molecule has 0 spiro atoms. The molecule has 0 aliphatic carbocycles. The molecule has 0 aliphatic heterocycles. The van der Waals surface area contributed by atoms with Crippen LogP contribution in [0.1, 0.15) is 26.7 Å². The molecule has 0 heterocycles. The fourth-order valence-corrected chi connectivity index (χ4v) is 2.17. The van der Waals surface area contributed by atoms with Gasteiger partial charge in [-0.1, -0.05) is 0 Å². The number of hydrogen-bond donors (Lipinski definition) is 0. The minimum absolute atomic E-state index is 0.659. The van der Waals surface area contributed by atoms with Gasteiger partial charge in [0.1, 0.15) is 0 Å². The minimum Gasteiger partial charge on any atom is -0.376 e. The van der Waals surface area contributed by atoms with Crippen molar-refractivity contribution in [2.45, 2.75) is 26.7 Å². The number of unbranched alkanes of at least 4 members (excludes halogenated alkanes) is 1. The van der Waals surface area contributed by atoms with Gasteiger partial charge in [-0.05, 0) is 26.7 Å². The molecule has 0 atom stereocenters. The highest BCUT2D eigenvalue weighted by Crippen LogP contribution is 1.97. The lowest BCUT2D eigenvalue weighted by Gasteiger charge is -2.14. The van der Waals surface area contributed by atoms with Gasteiger partial charge in [-0.15, -0.1) is 11.6 Å². The van der Waals surface area contributed by atoms with Gasteiger partial charge in [0.25, 0.3) is 0 Å². The van der Waals surface area contributed by atoms with Crippen LogP contribution in [0.2, 0.25) is 0 Å². The Bertz CT molecular complexity index is 99.4. The maximum atomic E-state index is 5.53. The predicted octanol–water partition coefficient (Wildman–Crippen LogP) is 1.81. The van der Waals surface area contributed by atoms with Crippen LogP contribution in [0.5, 0.6) is 0 Å². The lowest BCUT2D eigenvalue weighted by molar-refractivity contribution is 0.101. The highest BCUT2D eigenvalue weighted by molar-refractivity contribution is 6.36. The van der Waals surface area contributed by atoms with Gasteiger partial charge in [-0.25, -0.2) is 0 Å². The zero-order valence-electron chi connectivity index (χ0n) is 8.42. The van der Waals surface area contributed by atoms with Crippen LogP contribution in [-0.2, 0) is 13.3 Å². The SMILES string of the molecule is CCO[SiH](OCC)OCCCCCl. The van der Waals surface area contributed by atoms with Crippen molar-refractivity contribution in [2.75, 3.05) is 25.7 Å². The first-order valence-corrected chi connectivity index (χ1v) is 6.70. The monoisotopic (exact) mass is 226 g/mol. The summed E-state index contributed by atoms with van der Waals surface area (Å²) in [5, 5.41) is 0. The third kappa shape index (κ3) is 8.71. The molecule has 0 aromatic heterocycles. The lowest BCUT2D eigenvalue weighted by Crippen LogP contribution is -2.27. The molecule has 0 N–H and O–H groups in total. The standard InChI is InChI=1S/C8H19ClO3Si/c1-3-10-13(11-4-2)12-8-6-5-7-9/h13H,3-8H2,1-2H3. The molecule has 0 bridgehead atoms. The molecule has 0 aromatic carbocycles. The summed E-state index contributed by atoms with van der Waals surface area (Å²) in [6, 6.07) is 0. The molecule has 0 aliphatic rings. The van der Waals surface area contributed by atoms with Crippen molar-refractivity contribution in [2.24, 2.45) is 0 Å². The summed E-state index contributed by atoms with van der Waals surface area (Å²) in [4.78, 5) is 0. The lowest BCUT2D eigenvalue weighted by atomic mass is 10.4. The van der Waals surface area contributed by atoms with Crippen molar-refractivity contribution in [1.29, 1.82) is 0 Å². The van der Waals surface area contributed by atoms with Crippen LogP contribution in [0.3, 0.4) is 0 Å². The normalized spacial score (nSPS) is 11.1. The molecule has 0 saturated carbocycles. The Kier molecular flexibility index (Phi) is 10.8. The van der Waals surface area contributed by atoms with Crippen LogP contribution >= 0.6 is 11.6 Å². The molecule has 0 radical (unpaired) electrons. The van der Waals surface area contributed by atoms with Gasteiger partial charge in [0.2, 0.25) is 0 Å². The molecule has 0 unspecified atom stereocenters. The molecular weight excluding hydrogens is 208 g/mol. The quantitative estimate of drug-likeness (QED) is 0.341. The van der Waals surface area contributed by atoms with E-state index in [4.69, 9.17) is 24.9 Å². The van der Waals surface area contributed by atoms with Crippen molar-refractivity contribution < 1.29 is 13.3 Å². The second-order valence-electron chi connectivity index (χ2n) is 2.47. The average molecular weight is 227 g/mol. The van der Waals surface area contributed by atoms with E-state index in [0.717, 1.165) is 12.8 Å². The van der Waals surface area contributed by atoms with E-state index in [9.17, 15) is 0 Å². The van der Waals surface area contributed by atoms with Crippen molar-refractivity contribution in [1.82, 2.24) is 0 Å². The highest BCUT2D eigenvalue weighted by Gasteiger charge is 2.12. The molecule has 0 fully saturated rings. The van der Waals surface area contributed by atoms with Crippen LogP contribution in [0.15, 0.2) is 0 Å². The Morgan fingerprint density at radius 1 is 1.00 bits per heavy atom. The molecule has 0 saturated heterocycles. The number of rotatable bonds is 9. The number of halogens is 1. The van der Waals surface area contributed by atoms with Crippen LogP contribution in [0.4, 0.5) is 0 Å². The van der Waals surface area contributed by atoms with Crippen molar-refractivity contribution in [3.8, 4) is 0 Å². The molecule has 3 nitrogen and oxygen atoms in total. The third-order valence-electron chi connectivity index (χ3n) is 1.39. The van der Waals surface area contributed by atoms with Crippen LogP contribution in [0, 0.1) is 0 Å². The van der Waals surface area contributed by atoms with Crippen LogP contribution < -0.4 is 0 Å². The summed E-state index contributed by atoms with van der Waals surface area (Å²) in [6.45, 7) is 5.91. The van der Waals surface area contributed by atoms with Crippen molar-refractivity contribution in [3.63, 3.8) is 0 Å². The average Bonchev–Trinajstić information content (AvgIpc) is 2.13. The summed E-state index contributed by atoms with van der Waals surface area (Å²) in [5.41, 5.74) is 0. The fourth-order valence-electron chi connectivity index (χ4n) is 0.793. The molecule has 13 heavy (non-hydrogen) atoms. The van der Waals surface area contributed by atoms with Crippen molar-refractivity contribution in [3.05, 3.63) is 0 Å². The highest BCUT2D eigenvalue weighted by atomic mass is 35.5. The van der Waals surface area contributed by atoms with E-state index < -0.39 is 9.53 Å². The van der Waals surface area contributed by atoms with E-state index in [2.05, 4.69) is 0 Å². The molecule has 0 amide bonds. The maximum Gasteiger partial charge on any atom is 0.484 e. The topological polar surface area (TPSA) is 27.7 Å². The Morgan fingerprint density at radius 3 is 2.08 bits per heavy atom. The third-order valence-corrected chi connectivity index (χ3v) is 3.37. The second kappa shape index (κ2) is 10.5. The van der Waals surface area contributed by atoms with E-state index in [1.54, 1.807) is 0 Å². The predicted molar refractivity (Wildman–Crippen MR) is 56.3 cm³/mol. The fraction of sp³-hybridized carbons (Fsp3) is 1.00. The summed E-state index contributed by atoms with van der Waals surface area (Å²) in [5.74, 6) is 0.693. The van der Waals surface area contributed by atoms with E-state index in [1.165, 1.54) is 0 Å². The Morgan fingerprint density at radius 2 is 1.62 bits per heavy atom. The van der Waals surface area contributed by atoms with Crippen LogP contribution in [-0.4, -0.2) is 35.2 Å². The van der Waals surface area contributed by atoms with Crippen LogP contribution in [0.25, 0.3) is 0 Å². The zero-order chi connectivity index (χ0) is 9.94. The first kappa shape index (κ1) is 13.4. The first-order chi connectivity index (χ1) is 6.35. The molecule has 0 aromatic rings. The van der Waals surface area contributed by atoms with Gasteiger partial charge in [0.05, 0.1) is 0 Å². The molecule has 80 valence electrons. The maximum absolute atomic E-state index is 5.53.